The molecule has 1 unspecified atom stereocenters. The molecule has 1 aliphatic rings. The predicted molar refractivity (Wildman–Crippen MR) is 87.2 cm³/mol. The molecule has 0 saturated heterocycles. The zero-order valence-electron chi connectivity index (χ0n) is 10.7. The van der Waals surface area contributed by atoms with Gasteiger partial charge in [-0.05, 0) is 29.8 Å². The van der Waals surface area contributed by atoms with E-state index in [2.05, 4.69) is 42.4 Å². The van der Waals surface area contributed by atoms with Crippen molar-refractivity contribution >= 4 is 43.7 Å². The highest BCUT2D eigenvalue weighted by Crippen LogP contribution is 2.28. The van der Waals surface area contributed by atoms with E-state index in [0.717, 1.165) is 20.1 Å². The Hall–Kier alpha value is -1.66. The van der Waals surface area contributed by atoms with Crippen molar-refractivity contribution < 1.29 is 9.53 Å². The summed E-state index contributed by atoms with van der Waals surface area (Å²) in [5.41, 5.74) is 4.77. The van der Waals surface area contributed by atoms with Crippen molar-refractivity contribution in [3.63, 3.8) is 0 Å². The molecule has 1 N–H and O–H groups in total. The molecule has 0 aliphatic carbocycles. The first-order valence-corrected chi connectivity index (χ1v) is 7.78. The number of nitrogens with zero attached hydrogens (tertiary/aromatic N) is 1. The van der Waals surface area contributed by atoms with Crippen LogP contribution in [0, 0.1) is 0 Å². The van der Waals surface area contributed by atoms with Crippen molar-refractivity contribution in [1.82, 2.24) is 5.43 Å². The Kier molecular flexibility index (Phi) is 4.07. The summed E-state index contributed by atoms with van der Waals surface area (Å²) in [6, 6.07) is 15.3. The Morgan fingerprint density at radius 2 is 1.76 bits per heavy atom. The maximum Gasteiger partial charge on any atom is 0.428 e. The standard InChI is InChI=1S/C15H10Br2N2O2/c16-11-5-1-3-9(7-11)13-14(21-15(20)19-18-13)10-4-2-6-12(17)8-10/h1-8,14H,(H,19,20). The van der Waals surface area contributed by atoms with E-state index in [-0.39, 0.29) is 0 Å². The van der Waals surface area contributed by atoms with Crippen LogP contribution < -0.4 is 5.43 Å². The number of ether oxygens (including phenoxy) is 1. The average molecular weight is 410 g/mol. The molecule has 1 atom stereocenters. The third-order valence-electron chi connectivity index (χ3n) is 3.01. The van der Waals surface area contributed by atoms with Gasteiger partial charge in [0.1, 0.15) is 5.71 Å². The lowest BCUT2D eigenvalue weighted by molar-refractivity contribution is 0.121. The molecule has 1 aliphatic heterocycles. The maximum atomic E-state index is 11.5. The van der Waals surface area contributed by atoms with Gasteiger partial charge in [-0.25, -0.2) is 10.2 Å². The average Bonchev–Trinajstić information content (AvgIpc) is 2.47. The minimum Gasteiger partial charge on any atom is -0.433 e. The fourth-order valence-corrected chi connectivity index (χ4v) is 2.93. The number of hydrogen-bond acceptors (Lipinski definition) is 3. The number of hydrogen-bond donors (Lipinski definition) is 1. The summed E-state index contributed by atoms with van der Waals surface area (Å²) < 4.78 is 7.27. The van der Waals surface area contributed by atoms with Gasteiger partial charge in [-0.15, -0.1) is 0 Å². The Labute approximate surface area is 138 Å². The van der Waals surface area contributed by atoms with Crippen LogP contribution in [0.25, 0.3) is 0 Å². The molecular weight excluding hydrogens is 400 g/mol. The minimum atomic E-state index is -0.557. The molecule has 0 fully saturated rings. The van der Waals surface area contributed by atoms with E-state index in [0.29, 0.717) is 5.71 Å². The fourth-order valence-electron chi connectivity index (χ4n) is 2.11. The summed E-state index contributed by atoms with van der Waals surface area (Å²) in [5, 5.41) is 4.17. The summed E-state index contributed by atoms with van der Waals surface area (Å²) in [5.74, 6) is 0. The lowest BCUT2D eigenvalue weighted by Gasteiger charge is -2.24. The number of hydrazone groups is 1. The molecule has 4 nitrogen and oxygen atoms in total. The smallest absolute Gasteiger partial charge is 0.428 e. The molecule has 6 heteroatoms. The van der Waals surface area contributed by atoms with E-state index in [1.807, 2.05) is 48.5 Å². The van der Waals surface area contributed by atoms with E-state index in [1.165, 1.54) is 0 Å². The number of nitrogens with one attached hydrogen (secondary N) is 1. The number of cyclic esters (lactones) is 1. The normalized spacial score (nSPS) is 17.7. The van der Waals surface area contributed by atoms with Crippen LogP contribution in [0.4, 0.5) is 4.79 Å². The van der Waals surface area contributed by atoms with Crippen LogP contribution in [0.1, 0.15) is 17.2 Å². The lowest BCUT2D eigenvalue weighted by atomic mass is 9.99. The van der Waals surface area contributed by atoms with Crippen molar-refractivity contribution in [3.05, 3.63) is 68.6 Å². The van der Waals surface area contributed by atoms with Crippen LogP contribution >= 0.6 is 31.9 Å². The van der Waals surface area contributed by atoms with Gasteiger partial charge in [-0.1, -0.05) is 56.1 Å². The molecule has 0 aromatic heterocycles. The summed E-state index contributed by atoms with van der Waals surface area (Å²) in [6.45, 7) is 0. The van der Waals surface area contributed by atoms with Gasteiger partial charge >= 0.3 is 6.09 Å². The van der Waals surface area contributed by atoms with Gasteiger partial charge in [0.25, 0.3) is 0 Å². The predicted octanol–water partition coefficient (Wildman–Crippen LogP) is 4.40. The molecule has 2 aromatic rings. The highest BCUT2D eigenvalue weighted by atomic mass is 79.9. The maximum absolute atomic E-state index is 11.5. The van der Waals surface area contributed by atoms with Gasteiger partial charge in [0.2, 0.25) is 0 Å². The first-order valence-electron chi connectivity index (χ1n) is 6.19. The molecule has 106 valence electrons. The Morgan fingerprint density at radius 1 is 1.05 bits per heavy atom. The van der Waals surface area contributed by atoms with Gasteiger partial charge in [-0.2, -0.15) is 5.10 Å². The number of carbonyl (C=O) groups excluding carboxylic acids is 1. The van der Waals surface area contributed by atoms with Crippen molar-refractivity contribution in [2.45, 2.75) is 6.10 Å². The van der Waals surface area contributed by atoms with Crippen LogP contribution in [0.2, 0.25) is 0 Å². The number of rotatable bonds is 2. The second-order valence-corrected chi connectivity index (χ2v) is 6.29. The summed E-state index contributed by atoms with van der Waals surface area (Å²) in [4.78, 5) is 11.5. The third kappa shape index (κ3) is 3.16. The molecule has 21 heavy (non-hydrogen) atoms. The van der Waals surface area contributed by atoms with Gasteiger partial charge in [0, 0.05) is 14.5 Å². The quantitative estimate of drug-likeness (QED) is 0.799. The first-order chi connectivity index (χ1) is 10.1. The molecule has 0 saturated carbocycles. The van der Waals surface area contributed by atoms with Crippen molar-refractivity contribution in [2.24, 2.45) is 5.10 Å². The van der Waals surface area contributed by atoms with E-state index < -0.39 is 12.2 Å². The number of carbonyl (C=O) groups is 1. The number of amides is 1. The van der Waals surface area contributed by atoms with Gasteiger partial charge in [0.05, 0.1) is 0 Å². The van der Waals surface area contributed by atoms with E-state index in [4.69, 9.17) is 4.74 Å². The highest BCUT2D eigenvalue weighted by Gasteiger charge is 2.28. The summed E-state index contributed by atoms with van der Waals surface area (Å²) in [6.07, 6.45) is -1.09. The second-order valence-electron chi connectivity index (χ2n) is 4.46. The van der Waals surface area contributed by atoms with Crippen molar-refractivity contribution in [2.75, 3.05) is 0 Å². The third-order valence-corrected chi connectivity index (χ3v) is 4.00. The van der Waals surface area contributed by atoms with Crippen LogP contribution in [0.5, 0.6) is 0 Å². The van der Waals surface area contributed by atoms with Crippen LogP contribution in [-0.4, -0.2) is 11.8 Å². The molecule has 2 aromatic carbocycles. The van der Waals surface area contributed by atoms with Crippen LogP contribution in [0.3, 0.4) is 0 Å². The van der Waals surface area contributed by atoms with Gasteiger partial charge in [0.15, 0.2) is 6.10 Å². The molecule has 1 amide bonds. The molecule has 0 spiro atoms. The Balaban J connectivity index is 2.06. The molecular formula is C15H10Br2N2O2. The van der Waals surface area contributed by atoms with E-state index in [9.17, 15) is 4.79 Å². The van der Waals surface area contributed by atoms with Gasteiger partial charge in [-0.3, -0.25) is 0 Å². The molecule has 1 heterocycles. The second kappa shape index (κ2) is 5.99. The first kappa shape index (κ1) is 14.3. The summed E-state index contributed by atoms with van der Waals surface area (Å²) in [7, 11) is 0. The molecule has 0 radical (unpaired) electrons. The highest BCUT2D eigenvalue weighted by molar-refractivity contribution is 9.10. The topological polar surface area (TPSA) is 50.7 Å². The van der Waals surface area contributed by atoms with Crippen LogP contribution in [-0.2, 0) is 4.74 Å². The zero-order chi connectivity index (χ0) is 14.8. The largest absolute Gasteiger partial charge is 0.433 e. The van der Waals surface area contributed by atoms with Crippen molar-refractivity contribution in [1.29, 1.82) is 0 Å². The van der Waals surface area contributed by atoms with E-state index in [1.54, 1.807) is 0 Å². The van der Waals surface area contributed by atoms with Gasteiger partial charge < -0.3 is 4.74 Å². The Morgan fingerprint density at radius 3 is 2.48 bits per heavy atom. The summed E-state index contributed by atoms with van der Waals surface area (Å²) >= 11 is 6.87. The van der Waals surface area contributed by atoms with Crippen LogP contribution in [0.15, 0.2) is 62.6 Å². The SMILES string of the molecule is O=C1NN=C(c2cccc(Br)c2)C(c2cccc(Br)c2)O1. The lowest BCUT2D eigenvalue weighted by Crippen LogP contribution is -2.33. The fraction of sp³-hybridized carbons (Fsp3) is 0.0667. The van der Waals surface area contributed by atoms with Crippen molar-refractivity contribution in [3.8, 4) is 0 Å². The molecule has 0 bridgehead atoms. The minimum absolute atomic E-state index is 0.537. The Bertz CT molecular complexity index is 731. The molecule has 3 rings (SSSR count). The number of benzene rings is 2. The number of halogens is 2. The van der Waals surface area contributed by atoms with E-state index >= 15 is 0 Å². The zero-order valence-corrected chi connectivity index (χ0v) is 13.9. The monoisotopic (exact) mass is 408 g/mol.